The van der Waals surface area contributed by atoms with Gasteiger partial charge in [-0.2, -0.15) is 0 Å². The number of amides is 2. The van der Waals surface area contributed by atoms with Gasteiger partial charge >= 0.3 is 6.03 Å². The van der Waals surface area contributed by atoms with Crippen LogP contribution in [0, 0.1) is 0 Å². The number of methoxy groups -OCH3 is 2. The fourth-order valence-corrected chi connectivity index (χ4v) is 2.76. The highest BCUT2D eigenvalue weighted by Crippen LogP contribution is 2.21. The molecule has 1 saturated carbocycles. The molecule has 0 aromatic carbocycles. The number of rotatable bonds is 6. The zero-order chi connectivity index (χ0) is 15.1. The van der Waals surface area contributed by atoms with Crippen molar-refractivity contribution in [2.45, 2.75) is 43.9 Å². The average Bonchev–Trinajstić information content (AvgIpc) is 3.01. The summed E-state index contributed by atoms with van der Waals surface area (Å²) in [5.41, 5.74) is 0. The Morgan fingerprint density at radius 1 is 1.43 bits per heavy atom. The molecule has 1 aromatic heterocycles. The van der Waals surface area contributed by atoms with Gasteiger partial charge in [-0.3, -0.25) is 0 Å². The molecule has 6 nitrogen and oxygen atoms in total. The Balaban J connectivity index is 1.89. The molecule has 2 rings (SSSR count). The molecule has 0 radical (unpaired) electrons. The first-order valence-corrected chi connectivity index (χ1v) is 7.36. The molecule has 3 atom stereocenters. The maximum Gasteiger partial charge on any atom is 0.315 e. The van der Waals surface area contributed by atoms with E-state index in [0.29, 0.717) is 12.4 Å². The number of hydrogen-bond acceptors (Lipinski definition) is 4. The maximum atomic E-state index is 12.2. The number of carbonyl (C=O) groups is 1. The molecule has 1 heterocycles. The van der Waals surface area contributed by atoms with Crippen LogP contribution in [0.15, 0.2) is 22.8 Å². The van der Waals surface area contributed by atoms with Crippen LogP contribution < -0.4 is 10.6 Å². The van der Waals surface area contributed by atoms with Crippen LogP contribution in [0.4, 0.5) is 4.79 Å². The molecule has 6 heteroatoms. The van der Waals surface area contributed by atoms with Crippen molar-refractivity contribution in [2.75, 3.05) is 20.8 Å². The second kappa shape index (κ2) is 8.05. The normalized spacial score (nSPS) is 23.5. The molecule has 1 fully saturated rings. The minimum atomic E-state index is -0.297. The second-order valence-electron chi connectivity index (χ2n) is 5.31. The van der Waals surface area contributed by atoms with Crippen LogP contribution in [0.2, 0.25) is 0 Å². The molecular formula is C15H24N2O4. The second-order valence-corrected chi connectivity index (χ2v) is 5.31. The van der Waals surface area contributed by atoms with Crippen LogP contribution in [0.1, 0.15) is 37.5 Å². The molecule has 1 aliphatic carbocycles. The summed E-state index contributed by atoms with van der Waals surface area (Å²) in [6, 6.07) is 3.16. The van der Waals surface area contributed by atoms with E-state index in [2.05, 4.69) is 10.6 Å². The summed E-state index contributed by atoms with van der Waals surface area (Å²) in [5, 5.41) is 5.89. The van der Waals surface area contributed by atoms with Gasteiger partial charge in [0.1, 0.15) is 11.8 Å². The predicted molar refractivity (Wildman–Crippen MR) is 78.0 cm³/mol. The molecule has 2 amide bonds. The fraction of sp³-hybridized carbons (Fsp3) is 0.667. The first-order chi connectivity index (χ1) is 10.2. The Bertz CT molecular complexity index is 421. The van der Waals surface area contributed by atoms with Crippen molar-refractivity contribution in [2.24, 2.45) is 0 Å². The van der Waals surface area contributed by atoms with E-state index in [1.165, 1.54) is 0 Å². The SMILES string of the molecule is COCC(NC(=O)NC1CCCCC1OC)c1ccco1. The van der Waals surface area contributed by atoms with E-state index in [9.17, 15) is 4.79 Å². The highest BCUT2D eigenvalue weighted by Gasteiger charge is 2.27. The largest absolute Gasteiger partial charge is 0.467 e. The van der Waals surface area contributed by atoms with Gasteiger partial charge in [0.25, 0.3) is 0 Å². The molecule has 0 bridgehead atoms. The van der Waals surface area contributed by atoms with Gasteiger partial charge in [0.05, 0.1) is 25.0 Å². The van der Waals surface area contributed by atoms with Gasteiger partial charge in [-0.1, -0.05) is 12.8 Å². The molecule has 1 aliphatic rings. The minimum absolute atomic E-state index is 0.0588. The molecular weight excluding hydrogens is 272 g/mol. The van der Waals surface area contributed by atoms with Crippen molar-refractivity contribution in [1.29, 1.82) is 0 Å². The molecule has 0 saturated heterocycles. The van der Waals surface area contributed by atoms with Gasteiger partial charge in [-0.05, 0) is 25.0 Å². The van der Waals surface area contributed by atoms with Crippen LogP contribution in [-0.2, 0) is 9.47 Å². The summed E-state index contributed by atoms with van der Waals surface area (Å²) < 4.78 is 15.9. The summed E-state index contributed by atoms with van der Waals surface area (Å²) in [5.74, 6) is 0.680. The summed E-state index contributed by atoms with van der Waals surface area (Å²) in [6.45, 7) is 0.360. The van der Waals surface area contributed by atoms with Gasteiger partial charge in [0.15, 0.2) is 0 Å². The molecule has 21 heavy (non-hydrogen) atoms. The van der Waals surface area contributed by atoms with Crippen LogP contribution >= 0.6 is 0 Å². The fourth-order valence-electron chi connectivity index (χ4n) is 2.76. The highest BCUT2D eigenvalue weighted by molar-refractivity contribution is 5.74. The van der Waals surface area contributed by atoms with E-state index >= 15 is 0 Å². The van der Waals surface area contributed by atoms with Crippen molar-refractivity contribution in [3.63, 3.8) is 0 Å². The van der Waals surface area contributed by atoms with Gasteiger partial charge < -0.3 is 24.5 Å². The van der Waals surface area contributed by atoms with Crippen molar-refractivity contribution < 1.29 is 18.7 Å². The number of carbonyl (C=O) groups excluding carboxylic acids is 1. The van der Waals surface area contributed by atoms with Crippen molar-refractivity contribution in [3.8, 4) is 0 Å². The van der Waals surface area contributed by atoms with Crippen LogP contribution in [-0.4, -0.2) is 39.0 Å². The third kappa shape index (κ3) is 4.47. The Labute approximate surface area is 125 Å². The average molecular weight is 296 g/mol. The number of hydrogen-bond donors (Lipinski definition) is 2. The van der Waals surface area contributed by atoms with Crippen molar-refractivity contribution in [3.05, 3.63) is 24.2 Å². The standard InChI is InChI=1S/C15H24N2O4/c1-19-10-12(14-8-5-9-21-14)17-15(18)16-11-6-3-4-7-13(11)20-2/h5,8-9,11-13H,3-4,6-7,10H2,1-2H3,(H2,16,17,18). The van der Waals surface area contributed by atoms with Crippen LogP contribution in [0.5, 0.6) is 0 Å². The highest BCUT2D eigenvalue weighted by atomic mass is 16.5. The molecule has 0 aliphatic heterocycles. The van der Waals surface area contributed by atoms with Gasteiger partial charge in [0.2, 0.25) is 0 Å². The molecule has 0 spiro atoms. The van der Waals surface area contributed by atoms with Crippen LogP contribution in [0.25, 0.3) is 0 Å². The van der Waals surface area contributed by atoms with E-state index in [1.807, 2.05) is 6.07 Å². The Kier molecular flexibility index (Phi) is 6.07. The van der Waals surface area contributed by atoms with Crippen molar-refractivity contribution in [1.82, 2.24) is 10.6 Å². The van der Waals surface area contributed by atoms with E-state index in [0.717, 1.165) is 25.7 Å². The third-order valence-electron chi connectivity index (χ3n) is 3.85. The quantitative estimate of drug-likeness (QED) is 0.844. The zero-order valence-electron chi connectivity index (χ0n) is 12.6. The lowest BCUT2D eigenvalue weighted by atomic mass is 9.92. The lowest BCUT2D eigenvalue weighted by Crippen LogP contribution is -2.50. The minimum Gasteiger partial charge on any atom is -0.467 e. The van der Waals surface area contributed by atoms with Gasteiger partial charge in [-0.15, -0.1) is 0 Å². The van der Waals surface area contributed by atoms with Gasteiger partial charge in [-0.25, -0.2) is 4.79 Å². The molecule has 118 valence electrons. The van der Waals surface area contributed by atoms with E-state index < -0.39 is 0 Å². The van der Waals surface area contributed by atoms with E-state index in [1.54, 1.807) is 26.5 Å². The molecule has 2 N–H and O–H groups in total. The maximum absolute atomic E-state index is 12.2. The molecule has 1 aromatic rings. The first-order valence-electron chi connectivity index (χ1n) is 7.36. The van der Waals surface area contributed by atoms with Crippen LogP contribution in [0.3, 0.4) is 0 Å². The number of nitrogens with one attached hydrogen (secondary N) is 2. The lowest BCUT2D eigenvalue weighted by Gasteiger charge is -2.31. The lowest BCUT2D eigenvalue weighted by molar-refractivity contribution is 0.0447. The number of urea groups is 1. The Hall–Kier alpha value is -1.53. The predicted octanol–water partition coefficient (Wildman–Crippen LogP) is 2.22. The summed E-state index contributed by atoms with van der Waals surface area (Å²) in [4.78, 5) is 12.2. The Morgan fingerprint density at radius 3 is 2.90 bits per heavy atom. The van der Waals surface area contributed by atoms with Crippen molar-refractivity contribution >= 4 is 6.03 Å². The van der Waals surface area contributed by atoms with E-state index in [4.69, 9.17) is 13.9 Å². The smallest absolute Gasteiger partial charge is 0.315 e. The molecule has 3 unspecified atom stereocenters. The summed E-state index contributed by atoms with van der Waals surface area (Å²) >= 11 is 0. The topological polar surface area (TPSA) is 72.7 Å². The van der Waals surface area contributed by atoms with E-state index in [-0.39, 0.29) is 24.2 Å². The number of ether oxygens (including phenoxy) is 2. The number of furan rings is 1. The summed E-state index contributed by atoms with van der Waals surface area (Å²) in [7, 11) is 3.29. The third-order valence-corrected chi connectivity index (χ3v) is 3.85. The summed E-state index contributed by atoms with van der Waals surface area (Å²) in [6.07, 6.45) is 5.87. The van der Waals surface area contributed by atoms with Gasteiger partial charge in [0, 0.05) is 14.2 Å². The Morgan fingerprint density at radius 2 is 2.24 bits per heavy atom. The zero-order valence-corrected chi connectivity index (χ0v) is 12.6. The first kappa shape index (κ1) is 15.9. The monoisotopic (exact) mass is 296 g/mol.